The van der Waals surface area contributed by atoms with E-state index in [0.29, 0.717) is 25.2 Å². The monoisotopic (exact) mass is 240 g/mol. The lowest BCUT2D eigenvalue weighted by Gasteiger charge is -2.08. The van der Waals surface area contributed by atoms with Crippen LogP contribution >= 0.6 is 0 Å². The summed E-state index contributed by atoms with van der Waals surface area (Å²) in [7, 11) is 1.44. The van der Waals surface area contributed by atoms with Crippen molar-refractivity contribution in [1.29, 1.82) is 0 Å². The van der Waals surface area contributed by atoms with Crippen LogP contribution in [0, 0.1) is 5.82 Å². The number of rotatable bonds is 6. The highest BCUT2D eigenvalue weighted by Crippen LogP contribution is 2.19. The molecular formula is C12H17FN2O2. The van der Waals surface area contributed by atoms with Gasteiger partial charge in [-0.3, -0.25) is 4.79 Å². The Balaban J connectivity index is 2.39. The van der Waals surface area contributed by atoms with E-state index in [-0.39, 0.29) is 17.5 Å². The number of hydrogen-bond donors (Lipinski definition) is 2. The van der Waals surface area contributed by atoms with Crippen molar-refractivity contribution >= 4 is 5.91 Å². The van der Waals surface area contributed by atoms with Gasteiger partial charge in [0.25, 0.3) is 0 Å². The van der Waals surface area contributed by atoms with Crippen LogP contribution in [0.4, 0.5) is 4.39 Å². The number of benzene rings is 1. The van der Waals surface area contributed by atoms with Gasteiger partial charge in [-0.25, -0.2) is 4.39 Å². The molecule has 0 aliphatic carbocycles. The van der Waals surface area contributed by atoms with Gasteiger partial charge in [-0.05, 0) is 6.07 Å². The van der Waals surface area contributed by atoms with E-state index in [9.17, 15) is 9.18 Å². The zero-order chi connectivity index (χ0) is 12.7. The van der Waals surface area contributed by atoms with Crippen molar-refractivity contribution in [2.45, 2.75) is 13.5 Å². The SMILES string of the molecule is COc1cccc(CNCCNC(C)=O)c1F. The summed E-state index contributed by atoms with van der Waals surface area (Å²) in [5.41, 5.74) is 0.548. The minimum absolute atomic E-state index is 0.0700. The molecule has 0 spiro atoms. The molecule has 0 aliphatic heterocycles. The molecule has 0 saturated heterocycles. The maximum absolute atomic E-state index is 13.7. The third-order valence-electron chi connectivity index (χ3n) is 2.25. The van der Waals surface area contributed by atoms with E-state index in [4.69, 9.17) is 4.74 Å². The molecule has 0 fully saturated rings. The summed E-state index contributed by atoms with van der Waals surface area (Å²) in [6.07, 6.45) is 0. The van der Waals surface area contributed by atoms with Gasteiger partial charge in [0.1, 0.15) is 0 Å². The maximum Gasteiger partial charge on any atom is 0.216 e. The Morgan fingerprint density at radius 3 is 2.82 bits per heavy atom. The first-order valence-corrected chi connectivity index (χ1v) is 5.41. The van der Waals surface area contributed by atoms with Crippen molar-refractivity contribution in [3.05, 3.63) is 29.6 Å². The smallest absolute Gasteiger partial charge is 0.216 e. The second kappa shape index (κ2) is 6.85. The minimum atomic E-state index is -0.345. The van der Waals surface area contributed by atoms with Gasteiger partial charge in [-0.15, -0.1) is 0 Å². The average Bonchev–Trinajstić information content (AvgIpc) is 2.30. The molecule has 0 aromatic heterocycles. The molecule has 0 atom stereocenters. The number of amides is 1. The summed E-state index contributed by atoms with van der Waals surface area (Å²) in [4.78, 5) is 10.6. The Hall–Kier alpha value is -1.62. The Bertz CT molecular complexity index is 383. The summed E-state index contributed by atoms with van der Waals surface area (Å²) in [6, 6.07) is 5.02. The van der Waals surface area contributed by atoms with Gasteiger partial charge in [0, 0.05) is 32.1 Å². The third kappa shape index (κ3) is 4.40. The molecule has 94 valence electrons. The lowest BCUT2D eigenvalue weighted by molar-refractivity contribution is -0.118. The summed E-state index contributed by atoms with van der Waals surface area (Å²) < 4.78 is 18.6. The van der Waals surface area contributed by atoms with E-state index in [1.807, 2.05) is 0 Å². The van der Waals surface area contributed by atoms with Crippen LogP contribution in [-0.2, 0) is 11.3 Å². The van der Waals surface area contributed by atoms with E-state index < -0.39 is 0 Å². The molecule has 1 aromatic rings. The fourth-order valence-electron chi connectivity index (χ4n) is 1.40. The van der Waals surface area contributed by atoms with Crippen molar-refractivity contribution in [2.24, 2.45) is 0 Å². The first-order valence-electron chi connectivity index (χ1n) is 5.41. The largest absolute Gasteiger partial charge is 0.494 e. The predicted molar refractivity (Wildman–Crippen MR) is 63.3 cm³/mol. The molecule has 0 unspecified atom stereocenters. The van der Waals surface area contributed by atoms with Crippen LogP contribution in [0.25, 0.3) is 0 Å². The second-order valence-corrected chi connectivity index (χ2v) is 3.59. The van der Waals surface area contributed by atoms with Crippen LogP contribution in [0.5, 0.6) is 5.75 Å². The van der Waals surface area contributed by atoms with Crippen LogP contribution in [0.1, 0.15) is 12.5 Å². The van der Waals surface area contributed by atoms with E-state index in [0.717, 1.165) is 0 Å². The van der Waals surface area contributed by atoms with Gasteiger partial charge in [0.2, 0.25) is 5.91 Å². The zero-order valence-corrected chi connectivity index (χ0v) is 10.0. The molecule has 4 nitrogen and oxygen atoms in total. The highest BCUT2D eigenvalue weighted by molar-refractivity contribution is 5.72. The van der Waals surface area contributed by atoms with Gasteiger partial charge in [0.05, 0.1) is 7.11 Å². The Labute approximate surface area is 100 Å². The molecule has 5 heteroatoms. The maximum atomic E-state index is 13.7. The molecule has 1 rings (SSSR count). The van der Waals surface area contributed by atoms with E-state index >= 15 is 0 Å². The van der Waals surface area contributed by atoms with Crippen molar-refractivity contribution in [3.8, 4) is 5.75 Å². The zero-order valence-electron chi connectivity index (χ0n) is 10.0. The van der Waals surface area contributed by atoms with Crippen molar-refractivity contribution < 1.29 is 13.9 Å². The second-order valence-electron chi connectivity index (χ2n) is 3.59. The minimum Gasteiger partial charge on any atom is -0.494 e. The van der Waals surface area contributed by atoms with Gasteiger partial charge in [-0.1, -0.05) is 12.1 Å². The van der Waals surface area contributed by atoms with Gasteiger partial charge in [0.15, 0.2) is 11.6 Å². The normalized spacial score (nSPS) is 10.1. The van der Waals surface area contributed by atoms with Crippen LogP contribution in [0.15, 0.2) is 18.2 Å². The molecule has 1 amide bonds. The number of ether oxygens (including phenoxy) is 1. The highest BCUT2D eigenvalue weighted by atomic mass is 19.1. The fourth-order valence-corrected chi connectivity index (χ4v) is 1.40. The molecule has 2 N–H and O–H groups in total. The number of carbonyl (C=O) groups excluding carboxylic acids is 1. The fraction of sp³-hybridized carbons (Fsp3) is 0.417. The molecule has 0 heterocycles. The number of nitrogens with one attached hydrogen (secondary N) is 2. The van der Waals surface area contributed by atoms with E-state index in [1.165, 1.54) is 14.0 Å². The summed E-state index contributed by atoms with van der Waals surface area (Å²) >= 11 is 0. The van der Waals surface area contributed by atoms with E-state index in [2.05, 4.69) is 10.6 Å². The standard InChI is InChI=1S/C12H17FN2O2/c1-9(16)15-7-6-14-8-10-4-3-5-11(17-2)12(10)13/h3-5,14H,6-8H2,1-2H3,(H,15,16). The van der Waals surface area contributed by atoms with Gasteiger partial charge < -0.3 is 15.4 Å². The first kappa shape index (κ1) is 13.4. The molecule has 1 aromatic carbocycles. The van der Waals surface area contributed by atoms with Crippen molar-refractivity contribution in [3.63, 3.8) is 0 Å². The predicted octanol–water partition coefficient (Wildman–Crippen LogP) is 1.06. The Kier molecular flexibility index (Phi) is 5.42. The first-order chi connectivity index (χ1) is 8.15. The molecule has 0 radical (unpaired) electrons. The topological polar surface area (TPSA) is 50.4 Å². The Morgan fingerprint density at radius 1 is 1.41 bits per heavy atom. The summed E-state index contributed by atoms with van der Waals surface area (Å²) in [5.74, 6) is -0.174. The van der Waals surface area contributed by atoms with Crippen molar-refractivity contribution in [1.82, 2.24) is 10.6 Å². The van der Waals surface area contributed by atoms with Crippen LogP contribution in [0.2, 0.25) is 0 Å². The molecular weight excluding hydrogens is 223 g/mol. The highest BCUT2D eigenvalue weighted by Gasteiger charge is 2.07. The molecule has 17 heavy (non-hydrogen) atoms. The summed E-state index contributed by atoms with van der Waals surface area (Å²) in [5, 5.41) is 5.69. The Morgan fingerprint density at radius 2 is 2.18 bits per heavy atom. The van der Waals surface area contributed by atoms with Crippen LogP contribution in [-0.4, -0.2) is 26.1 Å². The van der Waals surface area contributed by atoms with Gasteiger partial charge >= 0.3 is 0 Å². The van der Waals surface area contributed by atoms with Crippen LogP contribution < -0.4 is 15.4 Å². The quantitative estimate of drug-likeness (QED) is 0.731. The number of carbonyl (C=O) groups is 1. The molecule has 0 bridgehead atoms. The lowest BCUT2D eigenvalue weighted by Crippen LogP contribution is -2.30. The summed E-state index contributed by atoms with van der Waals surface area (Å²) in [6.45, 7) is 2.99. The van der Waals surface area contributed by atoms with Gasteiger partial charge in [-0.2, -0.15) is 0 Å². The molecule has 0 saturated carbocycles. The van der Waals surface area contributed by atoms with Crippen molar-refractivity contribution in [2.75, 3.05) is 20.2 Å². The van der Waals surface area contributed by atoms with E-state index in [1.54, 1.807) is 18.2 Å². The lowest BCUT2D eigenvalue weighted by atomic mass is 10.2. The number of hydrogen-bond acceptors (Lipinski definition) is 3. The average molecular weight is 240 g/mol. The number of methoxy groups -OCH3 is 1. The molecule has 0 aliphatic rings. The van der Waals surface area contributed by atoms with Crippen LogP contribution in [0.3, 0.4) is 0 Å². The number of halogens is 1. The third-order valence-corrected chi connectivity index (χ3v) is 2.25.